The molecule has 0 aromatic heterocycles. The Kier molecular flexibility index (Phi) is 4.48. The van der Waals surface area contributed by atoms with Crippen LogP contribution in [0.15, 0.2) is 29.2 Å². The highest BCUT2D eigenvalue weighted by atomic mass is 32.2. The van der Waals surface area contributed by atoms with E-state index in [0.717, 1.165) is 10.8 Å². The van der Waals surface area contributed by atoms with Gasteiger partial charge in [-0.15, -0.1) is 11.8 Å². The summed E-state index contributed by atoms with van der Waals surface area (Å²) >= 11 is 1.97. The summed E-state index contributed by atoms with van der Waals surface area (Å²) in [7, 11) is 0. The lowest BCUT2D eigenvalue weighted by Gasteiger charge is -2.15. The summed E-state index contributed by atoms with van der Waals surface area (Å²) < 4.78 is 0. The van der Waals surface area contributed by atoms with Crippen LogP contribution in [-0.4, -0.2) is 16.4 Å². The maximum Gasteiger partial charge on any atom is 0.0938 e. The lowest BCUT2D eigenvalue weighted by molar-refractivity contribution is 0.153. The van der Waals surface area contributed by atoms with Gasteiger partial charge in [0.25, 0.3) is 0 Å². The van der Waals surface area contributed by atoms with E-state index >= 15 is 0 Å². The molecule has 0 amide bonds. The van der Waals surface area contributed by atoms with Gasteiger partial charge in [0, 0.05) is 16.2 Å². The van der Waals surface area contributed by atoms with Crippen LogP contribution in [0.5, 0.6) is 0 Å². The first-order valence-corrected chi connectivity index (χ1v) is 7.25. The molecule has 0 radical (unpaired) electrons. The van der Waals surface area contributed by atoms with Crippen molar-refractivity contribution in [2.24, 2.45) is 5.73 Å². The SMILES string of the molecule is CC(N)C(O)c1ccc(SC2CCCC2)cc1. The maximum absolute atomic E-state index is 9.84. The summed E-state index contributed by atoms with van der Waals surface area (Å²) in [5.41, 5.74) is 6.60. The minimum atomic E-state index is -0.555. The molecule has 1 aromatic rings. The predicted molar refractivity (Wildman–Crippen MR) is 73.2 cm³/mol. The van der Waals surface area contributed by atoms with E-state index in [9.17, 15) is 5.11 Å². The van der Waals surface area contributed by atoms with Gasteiger partial charge in [0.15, 0.2) is 0 Å². The molecule has 2 atom stereocenters. The van der Waals surface area contributed by atoms with Crippen molar-refractivity contribution in [3.8, 4) is 0 Å². The van der Waals surface area contributed by atoms with Gasteiger partial charge in [-0.3, -0.25) is 0 Å². The van der Waals surface area contributed by atoms with Crippen LogP contribution in [0.2, 0.25) is 0 Å². The molecule has 2 rings (SSSR count). The van der Waals surface area contributed by atoms with Gasteiger partial charge >= 0.3 is 0 Å². The number of hydrogen-bond acceptors (Lipinski definition) is 3. The van der Waals surface area contributed by atoms with Crippen LogP contribution in [0, 0.1) is 0 Å². The van der Waals surface area contributed by atoms with Crippen LogP contribution < -0.4 is 5.73 Å². The number of nitrogens with two attached hydrogens (primary N) is 1. The number of thioether (sulfide) groups is 1. The second kappa shape index (κ2) is 5.89. The smallest absolute Gasteiger partial charge is 0.0938 e. The molecule has 2 nitrogen and oxygen atoms in total. The molecule has 1 fully saturated rings. The molecule has 3 heteroatoms. The first-order valence-electron chi connectivity index (χ1n) is 6.37. The van der Waals surface area contributed by atoms with E-state index in [0.29, 0.717) is 0 Å². The molecule has 17 heavy (non-hydrogen) atoms. The van der Waals surface area contributed by atoms with Gasteiger partial charge in [-0.25, -0.2) is 0 Å². The average Bonchev–Trinajstić information content (AvgIpc) is 2.82. The molecular formula is C14H21NOS. The Balaban J connectivity index is 1.97. The van der Waals surface area contributed by atoms with Crippen molar-refractivity contribution in [2.75, 3.05) is 0 Å². The highest BCUT2D eigenvalue weighted by Gasteiger charge is 2.16. The fraction of sp³-hybridized carbons (Fsp3) is 0.571. The average molecular weight is 251 g/mol. The molecule has 1 aromatic carbocycles. The van der Waals surface area contributed by atoms with Crippen molar-refractivity contribution >= 4 is 11.8 Å². The van der Waals surface area contributed by atoms with E-state index in [1.807, 2.05) is 30.8 Å². The summed E-state index contributed by atoms with van der Waals surface area (Å²) in [5.74, 6) is 0. The third-order valence-electron chi connectivity index (χ3n) is 3.32. The minimum Gasteiger partial charge on any atom is -0.387 e. The Morgan fingerprint density at radius 2 is 1.82 bits per heavy atom. The molecule has 1 aliphatic rings. The number of aliphatic hydroxyl groups is 1. The molecule has 0 aliphatic heterocycles. The predicted octanol–water partition coefficient (Wildman–Crippen LogP) is 3.10. The molecule has 2 unspecified atom stereocenters. The molecule has 94 valence electrons. The Bertz CT molecular complexity index is 344. The zero-order valence-electron chi connectivity index (χ0n) is 10.3. The molecule has 0 saturated heterocycles. The van der Waals surface area contributed by atoms with Crippen LogP contribution in [0.3, 0.4) is 0 Å². The van der Waals surface area contributed by atoms with Gasteiger partial charge in [0.05, 0.1) is 6.10 Å². The van der Waals surface area contributed by atoms with Crippen molar-refractivity contribution in [1.82, 2.24) is 0 Å². The third-order valence-corrected chi connectivity index (χ3v) is 4.67. The van der Waals surface area contributed by atoms with Gasteiger partial charge in [0.2, 0.25) is 0 Å². The minimum absolute atomic E-state index is 0.219. The monoisotopic (exact) mass is 251 g/mol. The van der Waals surface area contributed by atoms with Crippen molar-refractivity contribution in [1.29, 1.82) is 0 Å². The molecule has 0 heterocycles. The van der Waals surface area contributed by atoms with Crippen LogP contribution in [0.25, 0.3) is 0 Å². The van der Waals surface area contributed by atoms with Crippen LogP contribution in [0.4, 0.5) is 0 Å². The molecule has 3 N–H and O–H groups in total. The van der Waals surface area contributed by atoms with E-state index in [1.54, 1.807) is 0 Å². The summed E-state index contributed by atoms with van der Waals surface area (Å²) in [5, 5.41) is 10.6. The quantitative estimate of drug-likeness (QED) is 0.864. The maximum atomic E-state index is 9.84. The van der Waals surface area contributed by atoms with Gasteiger partial charge in [-0.1, -0.05) is 25.0 Å². The summed E-state index contributed by atoms with van der Waals surface area (Å²) in [6.45, 7) is 1.83. The molecule has 0 spiro atoms. The van der Waals surface area contributed by atoms with Crippen molar-refractivity contribution in [2.45, 2.75) is 54.9 Å². The third kappa shape index (κ3) is 3.47. The highest BCUT2D eigenvalue weighted by Crippen LogP contribution is 2.35. The standard InChI is InChI=1S/C14H21NOS/c1-10(15)14(16)11-6-8-13(9-7-11)17-12-4-2-3-5-12/h6-10,12,14,16H,2-5,15H2,1H3. The normalized spacial score (nSPS) is 20.4. The van der Waals surface area contributed by atoms with Crippen LogP contribution >= 0.6 is 11.8 Å². The first-order chi connectivity index (χ1) is 8.16. The van der Waals surface area contributed by atoms with Gasteiger partial charge in [0.1, 0.15) is 0 Å². The Labute approximate surface area is 108 Å². The topological polar surface area (TPSA) is 46.2 Å². The van der Waals surface area contributed by atoms with Gasteiger partial charge in [-0.2, -0.15) is 0 Å². The van der Waals surface area contributed by atoms with Gasteiger partial charge in [-0.05, 0) is 37.5 Å². The summed E-state index contributed by atoms with van der Waals surface area (Å²) in [4.78, 5) is 1.30. The number of aliphatic hydroxyl groups excluding tert-OH is 1. The van der Waals surface area contributed by atoms with Gasteiger partial charge < -0.3 is 10.8 Å². The fourth-order valence-electron chi connectivity index (χ4n) is 2.25. The zero-order valence-corrected chi connectivity index (χ0v) is 11.1. The summed E-state index contributed by atoms with van der Waals surface area (Å²) in [6, 6.07) is 7.97. The fourth-order valence-corrected chi connectivity index (χ4v) is 3.49. The molecule has 1 aliphatic carbocycles. The first kappa shape index (κ1) is 12.9. The number of hydrogen-bond donors (Lipinski definition) is 2. The van der Waals surface area contributed by atoms with E-state index in [-0.39, 0.29) is 6.04 Å². The van der Waals surface area contributed by atoms with Crippen molar-refractivity contribution < 1.29 is 5.11 Å². The molecule has 0 bridgehead atoms. The number of benzene rings is 1. The second-order valence-corrected chi connectivity index (χ2v) is 6.27. The highest BCUT2D eigenvalue weighted by molar-refractivity contribution is 8.00. The molecular weight excluding hydrogens is 230 g/mol. The molecule has 1 saturated carbocycles. The van der Waals surface area contributed by atoms with E-state index < -0.39 is 6.10 Å². The second-order valence-electron chi connectivity index (χ2n) is 4.90. The van der Waals surface area contributed by atoms with E-state index in [2.05, 4.69) is 12.1 Å². The zero-order chi connectivity index (χ0) is 12.3. The Hall–Kier alpha value is -0.510. The van der Waals surface area contributed by atoms with E-state index in [1.165, 1.54) is 30.6 Å². The Morgan fingerprint density at radius 3 is 2.35 bits per heavy atom. The lowest BCUT2D eigenvalue weighted by Crippen LogP contribution is -2.24. The largest absolute Gasteiger partial charge is 0.387 e. The summed E-state index contributed by atoms with van der Waals surface area (Å²) in [6.07, 6.45) is 4.88. The Morgan fingerprint density at radius 1 is 1.24 bits per heavy atom. The lowest BCUT2D eigenvalue weighted by atomic mass is 10.0. The van der Waals surface area contributed by atoms with Crippen molar-refractivity contribution in [3.63, 3.8) is 0 Å². The van der Waals surface area contributed by atoms with Crippen LogP contribution in [-0.2, 0) is 0 Å². The van der Waals surface area contributed by atoms with Crippen molar-refractivity contribution in [3.05, 3.63) is 29.8 Å². The van der Waals surface area contributed by atoms with E-state index in [4.69, 9.17) is 5.73 Å². The van der Waals surface area contributed by atoms with Crippen LogP contribution in [0.1, 0.15) is 44.3 Å². The number of rotatable bonds is 4.